The average Bonchev–Trinajstić information content (AvgIpc) is 2.64. The van der Waals surface area contributed by atoms with Gasteiger partial charge >= 0.3 is 17.6 Å². The van der Waals surface area contributed by atoms with Gasteiger partial charge in [-0.25, -0.2) is 0 Å². The number of hydrogen-bond acceptors (Lipinski definition) is 6. The lowest BCUT2D eigenvalue weighted by Gasteiger charge is -2.30. The van der Waals surface area contributed by atoms with Crippen molar-refractivity contribution >= 4 is 17.6 Å². The van der Waals surface area contributed by atoms with Gasteiger partial charge in [-0.15, -0.1) is 0 Å². The Hall–Kier alpha value is 0.194. The van der Waals surface area contributed by atoms with E-state index in [1.54, 1.807) is 42.7 Å². The molecular weight excluding hydrogens is 344 g/mol. The van der Waals surface area contributed by atoms with Gasteiger partial charge in [0.15, 0.2) is 0 Å². The van der Waals surface area contributed by atoms with Crippen molar-refractivity contribution in [3.05, 3.63) is 0 Å². The summed E-state index contributed by atoms with van der Waals surface area (Å²) in [6.45, 7) is 4.55. The van der Waals surface area contributed by atoms with E-state index < -0.39 is 17.6 Å². The first-order valence-electron chi connectivity index (χ1n) is 8.72. The van der Waals surface area contributed by atoms with E-state index in [4.69, 9.17) is 26.6 Å². The van der Waals surface area contributed by atoms with Gasteiger partial charge < -0.3 is 26.6 Å². The van der Waals surface area contributed by atoms with E-state index in [2.05, 4.69) is 13.8 Å². The summed E-state index contributed by atoms with van der Waals surface area (Å²) in [4.78, 5) is 0. The van der Waals surface area contributed by atoms with E-state index in [0.29, 0.717) is 11.8 Å². The Morgan fingerprint density at radius 2 is 1.08 bits per heavy atom. The van der Waals surface area contributed by atoms with E-state index in [9.17, 15) is 0 Å². The van der Waals surface area contributed by atoms with Gasteiger partial charge in [-0.1, -0.05) is 26.7 Å². The Bertz CT molecular complexity index is 294. The third-order valence-corrected chi connectivity index (χ3v) is 10.8. The zero-order valence-electron chi connectivity index (χ0n) is 16.8. The second-order valence-electron chi connectivity index (χ2n) is 6.17. The van der Waals surface area contributed by atoms with Crippen LogP contribution in [-0.4, -0.2) is 60.3 Å². The van der Waals surface area contributed by atoms with Crippen LogP contribution in [0.1, 0.15) is 39.5 Å². The predicted molar refractivity (Wildman–Crippen MR) is 100.0 cm³/mol. The Morgan fingerprint density at radius 3 is 1.46 bits per heavy atom. The van der Waals surface area contributed by atoms with Crippen LogP contribution in [0.4, 0.5) is 0 Å². The minimum atomic E-state index is -2.50. The Kier molecular flexibility index (Phi) is 12.6. The smallest absolute Gasteiger partial charge is 0.377 e. The van der Waals surface area contributed by atoms with Crippen molar-refractivity contribution in [1.29, 1.82) is 0 Å². The first-order chi connectivity index (χ1) is 11.4. The number of hydrogen-bond donors (Lipinski definition) is 0. The molecule has 0 aliphatic carbocycles. The lowest BCUT2D eigenvalue weighted by atomic mass is 9.86. The van der Waals surface area contributed by atoms with Gasteiger partial charge in [-0.3, -0.25) is 0 Å². The van der Waals surface area contributed by atoms with Crippen LogP contribution in [0.2, 0.25) is 12.1 Å². The minimum absolute atomic E-state index is 0.597. The molecule has 24 heavy (non-hydrogen) atoms. The molecule has 0 radical (unpaired) electrons. The zero-order chi connectivity index (χ0) is 18.6. The molecule has 0 heterocycles. The van der Waals surface area contributed by atoms with Gasteiger partial charge in [0.1, 0.15) is 0 Å². The standard InChI is InChI=1S/C16H38O6Si2/c1-9-15(2)16(12-14-24(20-6,21-7)22-8)11-10-13-23(17-3,18-4)19-5/h15-16H,9-14H2,1-8H3. The van der Waals surface area contributed by atoms with Gasteiger partial charge in [0.2, 0.25) is 0 Å². The van der Waals surface area contributed by atoms with Gasteiger partial charge in [0.05, 0.1) is 0 Å². The molecule has 0 aromatic heterocycles. The van der Waals surface area contributed by atoms with Crippen LogP contribution in [0.15, 0.2) is 0 Å². The van der Waals surface area contributed by atoms with Crippen LogP contribution < -0.4 is 0 Å². The molecule has 0 saturated carbocycles. The molecule has 0 fully saturated rings. The zero-order valence-corrected chi connectivity index (χ0v) is 18.8. The van der Waals surface area contributed by atoms with Crippen LogP contribution >= 0.6 is 0 Å². The summed E-state index contributed by atoms with van der Waals surface area (Å²) in [7, 11) is 5.05. The van der Waals surface area contributed by atoms with Gasteiger partial charge in [-0.2, -0.15) is 0 Å². The van der Waals surface area contributed by atoms with E-state index in [1.807, 2.05) is 0 Å². The summed E-state index contributed by atoms with van der Waals surface area (Å²) in [5.41, 5.74) is 0. The molecule has 8 heteroatoms. The van der Waals surface area contributed by atoms with E-state index >= 15 is 0 Å². The highest BCUT2D eigenvalue weighted by atomic mass is 28.4. The molecular formula is C16H38O6Si2. The second-order valence-corrected chi connectivity index (χ2v) is 12.3. The minimum Gasteiger partial charge on any atom is -0.377 e. The molecule has 0 amide bonds. The Morgan fingerprint density at radius 1 is 0.667 bits per heavy atom. The fourth-order valence-electron chi connectivity index (χ4n) is 3.10. The maximum absolute atomic E-state index is 5.55. The summed E-state index contributed by atoms with van der Waals surface area (Å²) in [5, 5.41) is 0. The molecule has 146 valence electrons. The monoisotopic (exact) mass is 382 g/mol. The molecule has 0 N–H and O–H groups in total. The van der Waals surface area contributed by atoms with E-state index in [0.717, 1.165) is 37.8 Å². The van der Waals surface area contributed by atoms with Gasteiger partial charge in [0.25, 0.3) is 0 Å². The van der Waals surface area contributed by atoms with Gasteiger partial charge in [-0.05, 0) is 24.7 Å². The SMILES string of the molecule is CCC(C)C(CCC[Si](OC)(OC)OC)CC[Si](OC)(OC)OC. The molecule has 0 aromatic rings. The van der Waals surface area contributed by atoms with Gasteiger partial charge in [0, 0.05) is 54.7 Å². The third-order valence-electron chi connectivity index (χ3n) is 5.19. The summed E-state index contributed by atoms with van der Waals surface area (Å²) < 4.78 is 33.2. The van der Waals surface area contributed by atoms with E-state index in [1.165, 1.54) is 0 Å². The molecule has 2 unspecified atom stereocenters. The van der Waals surface area contributed by atoms with Crippen molar-refractivity contribution in [3.8, 4) is 0 Å². The number of rotatable bonds is 15. The third kappa shape index (κ3) is 7.21. The van der Waals surface area contributed by atoms with Crippen LogP contribution in [0.3, 0.4) is 0 Å². The van der Waals surface area contributed by atoms with E-state index in [-0.39, 0.29) is 0 Å². The van der Waals surface area contributed by atoms with Crippen LogP contribution in [-0.2, 0) is 26.6 Å². The summed E-state index contributed by atoms with van der Waals surface area (Å²) in [5.74, 6) is 1.24. The first kappa shape index (κ1) is 24.2. The summed E-state index contributed by atoms with van der Waals surface area (Å²) in [6, 6.07) is 1.68. The van der Waals surface area contributed by atoms with Crippen molar-refractivity contribution in [2.45, 2.75) is 51.6 Å². The van der Waals surface area contributed by atoms with Crippen LogP contribution in [0, 0.1) is 11.8 Å². The van der Waals surface area contributed by atoms with Crippen molar-refractivity contribution < 1.29 is 26.6 Å². The molecule has 2 atom stereocenters. The highest BCUT2D eigenvalue weighted by molar-refractivity contribution is 6.60. The molecule has 0 rings (SSSR count). The molecule has 0 bridgehead atoms. The maximum atomic E-state index is 5.55. The quantitative estimate of drug-likeness (QED) is 0.404. The van der Waals surface area contributed by atoms with Crippen LogP contribution in [0.25, 0.3) is 0 Å². The molecule has 0 aromatic carbocycles. The van der Waals surface area contributed by atoms with Crippen molar-refractivity contribution in [1.82, 2.24) is 0 Å². The highest BCUT2D eigenvalue weighted by Gasteiger charge is 2.39. The maximum Gasteiger partial charge on any atom is 0.500 e. The predicted octanol–water partition coefficient (Wildman–Crippen LogP) is 3.58. The molecule has 0 aliphatic heterocycles. The molecule has 0 spiro atoms. The Labute approximate surface area is 150 Å². The topological polar surface area (TPSA) is 55.4 Å². The summed E-state index contributed by atoms with van der Waals surface area (Å²) >= 11 is 0. The fourth-order valence-corrected chi connectivity index (χ4v) is 6.69. The highest BCUT2D eigenvalue weighted by Crippen LogP contribution is 2.31. The molecule has 6 nitrogen and oxygen atoms in total. The van der Waals surface area contributed by atoms with Crippen molar-refractivity contribution in [3.63, 3.8) is 0 Å². The summed E-state index contributed by atoms with van der Waals surface area (Å²) in [6.07, 6.45) is 4.34. The van der Waals surface area contributed by atoms with Crippen molar-refractivity contribution in [2.75, 3.05) is 42.7 Å². The second kappa shape index (κ2) is 12.5. The van der Waals surface area contributed by atoms with Crippen LogP contribution in [0.5, 0.6) is 0 Å². The Balaban J connectivity index is 4.69. The molecule has 0 saturated heterocycles. The van der Waals surface area contributed by atoms with Crippen molar-refractivity contribution in [2.24, 2.45) is 11.8 Å². The fraction of sp³-hybridized carbons (Fsp3) is 1.00. The largest absolute Gasteiger partial charge is 0.500 e. The molecule has 0 aliphatic rings. The lowest BCUT2D eigenvalue weighted by molar-refractivity contribution is 0.116. The lowest BCUT2D eigenvalue weighted by Crippen LogP contribution is -2.43. The average molecular weight is 383 g/mol. The normalized spacial score (nSPS) is 15.5. The first-order valence-corrected chi connectivity index (χ1v) is 12.6.